The Morgan fingerprint density at radius 3 is 2.27 bits per heavy atom. The van der Waals surface area contributed by atoms with Crippen molar-refractivity contribution in [3.8, 4) is 0 Å². The van der Waals surface area contributed by atoms with E-state index in [0.29, 0.717) is 19.1 Å². The summed E-state index contributed by atoms with van der Waals surface area (Å²) < 4.78 is 5.57. The molecule has 15 heavy (non-hydrogen) atoms. The molecule has 0 radical (unpaired) electrons. The summed E-state index contributed by atoms with van der Waals surface area (Å²) >= 11 is 0. The molecule has 1 rings (SSSR count). The van der Waals surface area contributed by atoms with Crippen LogP contribution in [0.4, 0.5) is 0 Å². The minimum atomic E-state index is 0.606. The van der Waals surface area contributed by atoms with Gasteiger partial charge in [0.1, 0.15) is 0 Å². The van der Waals surface area contributed by atoms with Gasteiger partial charge in [0.25, 0.3) is 0 Å². The molecule has 0 spiro atoms. The number of hydrogen-bond donors (Lipinski definition) is 1. The van der Waals surface area contributed by atoms with E-state index >= 15 is 0 Å². The number of ether oxygens (including phenoxy) is 1. The molecule has 2 nitrogen and oxygen atoms in total. The lowest BCUT2D eigenvalue weighted by Crippen LogP contribution is -2.00. The Bertz CT molecular complexity index is 266. The Kier molecular flexibility index (Phi) is 5.37. The van der Waals surface area contributed by atoms with Crippen molar-refractivity contribution in [1.29, 1.82) is 0 Å². The summed E-state index contributed by atoms with van der Waals surface area (Å²) in [6, 6.07) is 8.28. The molecule has 0 aromatic heterocycles. The summed E-state index contributed by atoms with van der Waals surface area (Å²) in [6.07, 6.45) is 1.13. The number of hydrogen-bond acceptors (Lipinski definition) is 2. The van der Waals surface area contributed by atoms with E-state index in [0.717, 1.165) is 13.0 Å². The zero-order valence-electron chi connectivity index (χ0n) is 9.70. The topological polar surface area (TPSA) is 35.2 Å². The van der Waals surface area contributed by atoms with E-state index in [1.807, 2.05) is 0 Å². The number of nitrogens with two attached hydrogens (primary N) is 1. The fourth-order valence-electron chi connectivity index (χ4n) is 1.28. The highest BCUT2D eigenvalue weighted by Crippen LogP contribution is 2.06. The fourth-order valence-corrected chi connectivity index (χ4v) is 1.28. The van der Waals surface area contributed by atoms with Crippen molar-refractivity contribution < 1.29 is 4.74 Å². The molecule has 84 valence electrons. The second kappa shape index (κ2) is 6.59. The molecule has 1 aromatic carbocycles. The van der Waals surface area contributed by atoms with Crippen LogP contribution in [-0.2, 0) is 17.9 Å². The molecule has 0 saturated carbocycles. The third-order valence-corrected chi connectivity index (χ3v) is 2.37. The van der Waals surface area contributed by atoms with Crippen LogP contribution in [0.2, 0.25) is 0 Å². The van der Waals surface area contributed by atoms with Crippen molar-refractivity contribution in [2.24, 2.45) is 11.7 Å². The molecule has 0 bridgehead atoms. The molecular formula is C13H21NO. The summed E-state index contributed by atoms with van der Waals surface area (Å²) in [5, 5.41) is 0. The van der Waals surface area contributed by atoms with E-state index < -0.39 is 0 Å². The van der Waals surface area contributed by atoms with Gasteiger partial charge in [-0.05, 0) is 23.5 Å². The zero-order valence-corrected chi connectivity index (χ0v) is 9.70. The molecule has 0 saturated heterocycles. The van der Waals surface area contributed by atoms with Crippen LogP contribution in [0.1, 0.15) is 31.4 Å². The van der Waals surface area contributed by atoms with E-state index in [1.165, 1.54) is 11.1 Å². The molecule has 2 heteroatoms. The molecule has 0 fully saturated rings. The number of benzene rings is 1. The van der Waals surface area contributed by atoms with Crippen molar-refractivity contribution >= 4 is 0 Å². The third-order valence-electron chi connectivity index (χ3n) is 2.37. The van der Waals surface area contributed by atoms with Gasteiger partial charge in [0, 0.05) is 13.2 Å². The first kappa shape index (κ1) is 12.2. The maximum Gasteiger partial charge on any atom is 0.0716 e. The lowest BCUT2D eigenvalue weighted by atomic mass is 10.1. The van der Waals surface area contributed by atoms with Gasteiger partial charge >= 0.3 is 0 Å². The molecule has 0 heterocycles. The average Bonchev–Trinajstić information content (AvgIpc) is 2.25. The lowest BCUT2D eigenvalue weighted by molar-refractivity contribution is 0.110. The highest BCUT2D eigenvalue weighted by molar-refractivity contribution is 5.21. The highest BCUT2D eigenvalue weighted by atomic mass is 16.5. The first-order valence-electron chi connectivity index (χ1n) is 5.58. The summed E-state index contributed by atoms with van der Waals surface area (Å²) in [6.45, 7) is 6.57. The van der Waals surface area contributed by atoms with Crippen LogP contribution < -0.4 is 5.73 Å². The average molecular weight is 207 g/mol. The van der Waals surface area contributed by atoms with Crippen molar-refractivity contribution in [2.45, 2.75) is 33.4 Å². The van der Waals surface area contributed by atoms with Crippen molar-refractivity contribution in [1.82, 2.24) is 0 Å². The maximum atomic E-state index is 5.57. The minimum absolute atomic E-state index is 0.606. The smallest absolute Gasteiger partial charge is 0.0716 e. The van der Waals surface area contributed by atoms with Crippen LogP contribution in [-0.4, -0.2) is 6.61 Å². The van der Waals surface area contributed by atoms with E-state index in [4.69, 9.17) is 10.5 Å². The monoisotopic (exact) mass is 207 g/mol. The summed E-state index contributed by atoms with van der Waals surface area (Å²) in [4.78, 5) is 0. The molecule has 2 N–H and O–H groups in total. The van der Waals surface area contributed by atoms with Crippen LogP contribution in [0.5, 0.6) is 0 Å². The Morgan fingerprint density at radius 1 is 1.13 bits per heavy atom. The second-order valence-electron chi connectivity index (χ2n) is 4.26. The molecule has 0 aliphatic heterocycles. The van der Waals surface area contributed by atoms with Gasteiger partial charge in [-0.15, -0.1) is 0 Å². The summed E-state index contributed by atoms with van der Waals surface area (Å²) in [7, 11) is 0. The second-order valence-corrected chi connectivity index (χ2v) is 4.26. The largest absolute Gasteiger partial charge is 0.377 e. The van der Waals surface area contributed by atoms with Crippen LogP contribution in [0, 0.1) is 5.92 Å². The molecule has 0 atom stereocenters. The van der Waals surface area contributed by atoms with Gasteiger partial charge < -0.3 is 10.5 Å². The SMILES string of the molecule is CC(C)CCOCc1ccc(CN)cc1. The van der Waals surface area contributed by atoms with Crippen molar-refractivity contribution in [3.63, 3.8) is 0 Å². The van der Waals surface area contributed by atoms with E-state index in [-0.39, 0.29) is 0 Å². The van der Waals surface area contributed by atoms with E-state index in [9.17, 15) is 0 Å². The van der Waals surface area contributed by atoms with Gasteiger partial charge in [0.05, 0.1) is 6.61 Å². The highest BCUT2D eigenvalue weighted by Gasteiger charge is 1.96. The van der Waals surface area contributed by atoms with Gasteiger partial charge in [-0.1, -0.05) is 38.1 Å². The normalized spacial score (nSPS) is 10.9. The van der Waals surface area contributed by atoms with Crippen LogP contribution >= 0.6 is 0 Å². The van der Waals surface area contributed by atoms with Crippen molar-refractivity contribution in [3.05, 3.63) is 35.4 Å². The van der Waals surface area contributed by atoms with Gasteiger partial charge in [0.2, 0.25) is 0 Å². The molecule has 0 aliphatic carbocycles. The lowest BCUT2D eigenvalue weighted by Gasteiger charge is -2.06. The van der Waals surface area contributed by atoms with Crippen LogP contribution in [0.25, 0.3) is 0 Å². The predicted molar refractivity (Wildman–Crippen MR) is 63.4 cm³/mol. The van der Waals surface area contributed by atoms with E-state index in [1.54, 1.807) is 0 Å². The minimum Gasteiger partial charge on any atom is -0.377 e. The van der Waals surface area contributed by atoms with Gasteiger partial charge in [0.15, 0.2) is 0 Å². The van der Waals surface area contributed by atoms with Gasteiger partial charge in [-0.2, -0.15) is 0 Å². The Hall–Kier alpha value is -0.860. The van der Waals surface area contributed by atoms with Gasteiger partial charge in [-0.25, -0.2) is 0 Å². The zero-order chi connectivity index (χ0) is 11.1. The summed E-state index contributed by atoms with van der Waals surface area (Å²) in [5.74, 6) is 0.713. The first-order valence-corrected chi connectivity index (χ1v) is 5.58. The van der Waals surface area contributed by atoms with Crippen LogP contribution in [0.15, 0.2) is 24.3 Å². The molecule has 1 aromatic rings. The Balaban J connectivity index is 2.25. The van der Waals surface area contributed by atoms with Crippen molar-refractivity contribution in [2.75, 3.05) is 6.61 Å². The Labute approximate surface area is 92.4 Å². The number of rotatable bonds is 6. The summed E-state index contributed by atoms with van der Waals surface area (Å²) in [5.41, 5.74) is 7.91. The third kappa shape index (κ3) is 4.96. The first-order chi connectivity index (χ1) is 7.22. The fraction of sp³-hybridized carbons (Fsp3) is 0.538. The standard InChI is InChI=1S/C13H21NO/c1-11(2)7-8-15-10-13-5-3-12(9-14)4-6-13/h3-6,11H,7-10,14H2,1-2H3. The Morgan fingerprint density at radius 2 is 1.73 bits per heavy atom. The predicted octanol–water partition coefficient (Wildman–Crippen LogP) is 2.71. The molecule has 0 amide bonds. The van der Waals surface area contributed by atoms with Gasteiger partial charge in [-0.3, -0.25) is 0 Å². The van der Waals surface area contributed by atoms with E-state index in [2.05, 4.69) is 38.1 Å². The molecule has 0 aliphatic rings. The molecule has 0 unspecified atom stereocenters. The van der Waals surface area contributed by atoms with Crippen LogP contribution in [0.3, 0.4) is 0 Å². The maximum absolute atomic E-state index is 5.57. The quantitative estimate of drug-likeness (QED) is 0.728. The molecular weight excluding hydrogens is 186 g/mol.